The number of nitrogens with one attached hydrogen (secondary N) is 1. The Morgan fingerprint density at radius 3 is 2.55 bits per heavy atom. The van der Waals surface area contributed by atoms with E-state index in [4.69, 9.17) is 14.2 Å². The molecule has 3 rings (SSSR count). The number of anilines is 1. The molecule has 0 spiro atoms. The van der Waals surface area contributed by atoms with E-state index in [-0.39, 0.29) is 5.82 Å². The van der Waals surface area contributed by atoms with E-state index in [9.17, 15) is 9.18 Å². The second-order valence-electron chi connectivity index (χ2n) is 8.39. The molecule has 6 heteroatoms. The van der Waals surface area contributed by atoms with Crippen LogP contribution in [0.2, 0.25) is 0 Å². The van der Waals surface area contributed by atoms with Crippen molar-refractivity contribution in [1.29, 1.82) is 0 Å². The van der Waals surface area contributed by atoms with Crippen LogP contribution >= 0.6 is 0 Å². The van der Waals surface area contributed by atoms with E-state index < -0.39 is 23.8 Å². The zero-order valence-corrected chi connectivity index (χ0v) is 18.7. The van der Waals surface area contributed by atoms with Crippen LogP contribution in [-0.4, -0.2) is 24.3 Å². The second kappa shape index (κ2) is 9.52. The van der Waals surface area contributed by atoms with Crippen molar-refractivity contribution in [3.05, 3.63) is 71.1 Å². The van der Waals surface area contributed by atoms with Crippen molar-refractivity contribution in [2.45, 2.75) is 59.0 Å². The van der Waals surface area contributed by atoms with E-state index in [1.165, 1.54) is 18.2 Å². The predicted octanol–water partition coefficient (Wildman–Crippen LogP) is 5.56. The van der Waals surface area contributed by atoms with Crippen molar-refractivity contribution in [1.82, 2.24) is 0 Å². The molecule has 166 valence electrons. The summed E-state index contributed by atoms with van der Waals surface area (Å²) in [4.78, 5) is 12.4. The molecule has 0 saturated heterocycles. The lowest BCUT2D eigenvalue weighted by molar-refractivity contribution is -0.178. The first-order chi connectivity index (χ1) is 14.7. The lowest BCUT2D eigenvalue weighted by atomic mass is 9.87. The fourth-order valence-corrected chi connectivity index (χ4v) is 3.60. The first-order valence-corrected chi connectivity index (χ1v) is 10.5. The molecule has 5 nitrogen and oxygen atoms in total. The number of carbonyl (C=O) groups is 1. The van der Waals surface area contributed by atoms with E-state index in [1.54, 1.807) is 12.1 Å². The Bertz CT molecular complexity index is 948. The molecule has 2 atom stereocenters. The lowest BCUT2D eigenvalue weighted by Gasteiger charge is -2.43. The van der Waals surface area contributed by atoms with Crippen LogP contribution in [0.5, 0.6) is 5.75 Å². The second-order valence-corrected chi connectivity index (χ2v) is 8.39. The summed E-state index contributed by atoms with van der Waals surface area (Å²) in [5.74, 6) is 0.0243. The third kappa shape index (κ3) is 5.64. The zero-order chi connectivity index (χ0) is 22.6. The molecule has 2 aromatic rings. The van der Waals surface area contributed by atoms with E-state index in [2.05, 4.69) is 5.32 Å². The van der Waals surface area contributed by atoms with Gasteiger partial charge in [0, 0.05) is 30.5 Å². The normalized spacial score (nSPS) is 19.0. The molecular formula is C25H30FNO4. The Hall–Kier alpha value is -2.86. The van der Waals surface area contributed by atoms with Crippen molar-refractivity contribution in [2.75, 3.05) is 11.9 Å². The summed E-state index contributed by atoms with van der Waals surface area (Å²) in [6.45, 7) is 10.4. The lowest BCUT2D eigenvalue weighted by Crippen LogP contribution is -2.51. The number of halogens is 1. The molecule has 0 amide bonds. The zero-order valence-electron chi connectivity index (χ0n) is 18.7. The van der Waals surface area contributed by atoms with Crippen molar-refractivity contribution in [2.24, 2.45) is 0 Å². The fraction of sp³-hybridized carbons (Fsp3) is 0.400. The quantitative estimate of drug-likeness (QED) is 0.463. The van der Waals surface area contributed by atoms with Crippen LogP contribution in [0, 0.1) is 5.82 Å². The maximum absolute atomic E-state index is 13.1. The Morgan fingerprint density at radius 1 is 1.19 bits per heavy atom. The van der Waals surface area contributed by atoms with Crippen LogP contribution in [-0.2, 0) is 20.8 Å². The number of allylic oxidation sites excluding steroid dienone is 1. The number of fused-ring (bicyclic) bond motifs is 1. The SMILES string of the molecule is CCOC1c2cc(NCc3ccc(F)cc3)ccc2OC(C)(C)C1OC(=O)C=C(C)C. The Balaban J connectivity index is 1.86. The van der Waals surface area contributed by atoms with E-state index in [0.717, 1.165) is 22.4 Å². The van der Waals surface area contributed by atoms with Gasteiger partial charge in [-0.05, 0) is 70.5 Å². The summed E-state index contributed by atoms with van der Waals surface area (Å²) in [5.41, 5.74) is 2.75. The van der Waals surface area contributed by atoms with Gasteiger partial charge in [0.15, 0.2) is 6.10 Å². The predicted molar refractivity (Wildman–Crippen MR) is 119 cm³/mol. The Kier molecular flexibility index (Phi) is 7.01. The molecule has 1 aliphatic heterocycles. The minimum absolute atomic E-state index is 0.259. The molecule has 1 aliphatic rings. The smallest absolute Gasteiger partial charge is 0.331 e. The standard InChI is InChI=1S/C25H30FNO4/c1-6-29-23-20-14-19(27-15-17-7-9-18(26)10-8-17)11-12-21(20)31-25(4,5)24(23)30-22(28)13-16(2)3/h7-14,23-24,27H,6,15H2,1-5H3. The number of carbonyl (C=O) groups excluding carboxylic acids is 1. The molecule has 1 N–H and O–H groups in total. The van der Waals surface area contributed by atoms with Gasteiger partial charge >= 0.3 is 5.97 Å². The van der Waals surface area contributed by atoms with Gasteiger partial charge in [-0.2, -0.15) is 0 Å². The molecule has 1 heterocycles. The average molecular weight is 428 g/mol. The summed E-state index contributed by atoms with van der Waals surface area (Å²) < 4.78 is 31.2. The summed E-state index contributed by atoms with van der Waals surface area (Å²) in [6, 6.07) is 12.1. The first kappa shape index (κ1) is 22.8. The van der Waals surface area contributed by atoms with Gasteiger partial charge in [-0.15, -0.1) is 0 Å². The highest BCUT2D eigenvalue weighted by Crippen LogP contribution is 2.44. The highest BCUT2D eigenvalue weighted by atomic mass is 19.1. The number of hydrogen-bond donors (Lipinski definition) is 1. The molecule has 0 radical (unpaired) electrons. The monoisotopic (exact) mass is 427 g/mol. The summed E-state index contributed by atoms with van der Waals surface area (Å²) in [5, 5.41) is 3.34. The van der Waals surface area contributed by atoms with Crippen molar-refractivity contribution >= 4 is 11.7 Å². The topological polar surface area (TPSA) is 56.8 Å². The highest BCUT2D eigenvalue weighted by Gasteiger charge is 2.47. The number of benzene rings is 2. The van der Waals surface area contributed by atoms with Crippen LogP contribution in [0.25, 0.3) is 0 Å². The van der Waals surface area contributed by atoms with Crippen LogP contribution in [0.1, 0.15) is 51.8 Å². The number of esters is 1. The molecule has 31 heavy (non-hydrogen) atoms. The first-order valence-electron chi connectivity index (χ1n) is 10.5. The number of hydrogen-bond acceptors (Lipinski definition) is 5. The molecular weight excluding hydrogens is 397 g/mol. The highest BCUT2D eigenvalue weighted by molar-refractivity contribution is 5.83. The van der Waals surface area contributed by atoms with Gasteiger partial charge < -0.3 is 19.5 Å². The largest absolute Gasteiger partial charge is 0.483 e. The van der Waals surface area contributed by atoms with Crippen LogP contribution in [0.15, 0.2) is 54.1 Å². The summed E-state index contributed by atoms with van der Waals surface area (Å²) in [7, 11) is 0. The number of rotatable bonds is 7. The van der Waals surface area contributed by atoms with Crippen molar-refractivity contribution in [3.8, 4) is 5.75 Å². The summed E-state index contributed by atoms with van der Waals surface area (Å²) >= 11 is 0. The molecule has 0 bridgehead atoms. The summed E-state index contributed by atoms with van der Waals surface area (Å²) in [6.07, 6.45) is 0.385. The van der Waals surface area contributed by atoms with Gasteiger partial charge in [-0.3, -0.25) is 0 Å². The van der Waals surface area contributed by atoms with Gasteiger partial charge in [0.05, 0.1) is 0 Å². The minimum Gasteiger partial charge on any atom is -0.483 e. The molecule has 0 fully saturated rings. The van der Waals surface area contributed by atoms with Gasteiger partial charge in [0.1, 0.15) is 23.3 Å². The molecule has 0 saturated carbocycles. The maximum Gasteiger partial charge on any atom is 0.331 e. The van der Waals surface area contributed by atoms with Gasteiger partial charge in [0.25, 0.3) is 0 Å². The molecule has 2 aromatic carbocycles. The maximum atomic E-state index is 13.1. The van der Waals surface area contributed by atoms with Crippen LogP contribution in [0.4, 0.5) is 10.1 Å². The number of ether oxygens (including phenoxy) is 3. The van der Waals surface area contributed by atoms with E-state index in [0.29, 0.717) is 18.9 Å². The van der Waals surface area contributed by atoms with Gasteiger partial charge in [-0.1, -0.05) is 17.7 Å². The van der Waals surface area contributed by atoms with Gasteiger partial charge in [-0.25, -0.2) is 9.18 Å². The average Bonchev–Trinajstić information content (AvgIpc) is 2.69. The minimum atomic E-state index is -0.763. The van der Waals surface area contributed by atoms with Crippen molar-refractivity contribution in [3.63, 3.8) is 0 Å². The van der Waals surface area contributed by atoms with E-state index >= 15 is 0 Å². The third-order valence-corrected chi connectivity index (χ3v) is 5.06. The third-order valence-electron chi connectivity index (χ3n) is 5.06. The van der Waals surface area contributed by atoms with Crippen molar-refractivity contribution < 1.29 is 23.4 Å². The molecule has 2 unspecified atom stereocenters. The molecule has 0 aromatic heterocycles. The fourth-order valence-electron chi connectivity index (χ4n) is 3.60. The van der Waals surface area contributed by atoms with Gasteiger partial charge in [0.2, 0.25) is 0 Å². The van der Waals surface area contributed by atoms with E-state index in [1.807, 2.05) is 52.8 Å². The Labute approximate surface area is 183 Å². The van der Waals surface area contributed by atoms with Crippen LogP contribution < -0.4 is 10.1 Å². The Morgan fingerprint density at radius 2 is 1.90 bits per heavy atom. The van der Waals surface area contributed by atoms with Crippen LogP contribution in [0.3, 0.4) is 0 Å². The molecule has 0 aliphatic carbocycles.